The van der Waals surface area contributed by atoms with Gasteiger partial charge >= 0.3 is 17.9 Å². The number of benzene rings is 6. The van der Waals surface area contributed by atoms with Gasteiger partial charge in [0.15, 0.2) is 34.6 Å². The SMILES string of the molecule is COc1cc(-c2ccc(-c3ccc(C(=O)c4ccc(OCCOCCOC(C)=O)c(OCCOCCOC(C)=O)c4)cc3)c(OC)c2)ccc1-c1ccc(C(=O)c2ccc(OCCOCCOC(C)=O)c(OCCOCCO)c2)cc1. The quantitative estimate of drug-likeness (QED) is 0.0169. The van der Waals surface area contributed by atoms with Gasteiger partial charge in [0.2, 0.25) is 0 Å². The van der Waals surface area contributed by atoms with Gasteiger partial charge in [0, 0.05) is 54.2 Å². The first-order chi connectivity index (χ1) is 39.4. The molecule has 0 atom stereocenters. The molecule has 0 spiro atoms. The van der Waals surface area contributed by atoms with E-state index in [2.05, 4.69) is 0 Å². The van der Waals surface area contributed by atoms with E-state index in [1.54, 1.807) is 74.9 Å². The van der Waals surface area contributed by atoms with E-state index in [0.717, 1.165) is 33.4 Å². The fourth-order valence-corrected chi connectivity index (χ4v) is 7.96. The van der Waals surface area contributed by atoms with Crippen LogP contribution in [0.15, 0.2) is 121 Å². The van der Waals surface area contributed by atoms with Crippen molar-refractivity contribution in [2.45, 2.75) is 20.8 Å². The molecule has 0 saturated carbocycles. The Hall–Kier alpha value is -8.33. The summed E-state index contributed by atoms with van der Waals surface area (Å²) in [6, 6.07) is 36.1. The van der Waals surface area contributed by atoms with Crippen molar-refractivity contribution in [3.8, 4) is 67.9 Å². The molecule has 0 bridgehead atoms. The van der Waals surface area contributed by atoms with E-state index in [4.69, 9.17) is 66.7 Å². The van der Waals surface area contributed by atoms with Crippen LogP contribution in [0.5, 0.6) is 34.5 Å². The van der Waals surface area contributed by atoms with Crippen LogP contribution in [0.4, 0.5) is 0 Å². The third-order valence-corrected chi connectivity index (χ3v) is 11.8. The molecular weight excluding hydrogens is 1050 g/mol. The van der Waals surface area contributed by atoms with Crippen molar-refractivity contribution in [3.05, 3.63) is 144 Å². The predicted molar refractivity (Wildman–Crippen MR) is 298 cm³/mol. The number of carbonyl (C=O) groups is 5. The molecule has 19 nitrogen and oxygen atoms in total. The fraction of sp³-hybridized carbons (Fsp3) is 0.339. The third-order valence-electron chi connectivity index (χ3n) is 11.8. The van der Waals surface area contributed by atoms with Gasteiger partial charge in [-0.1, -0.05) is 72.8 Å². The van der Waals surface area contributed by atoms with Crippen LogP contribution >= 0.6 is 0 Å². The summed E-state index contributed by atoms with van der Waals surface area (Å²) in [5.41, 5.74) is 6.69. The van der Waals surface area contributed by atoms with Crippen molar-refractivity contribution >= 4 is 29.5 Å². The van der Waals surface area contributed by atoms with E-state index in [-0.39, 0.29) is 123 Å². The van der Waals surface area contributed by atoms with Gasteiger partial charge in [0.05, 0.1) is 73.7 Å². The van der Waals surface area contributed by atoms with Crippen molar-refractivity contribution in [2.24, 2.45) is 0 Å². The van der Waals surface area contributed by atoms with Crippen LogP contribution in [-0.2, 0) is 47.5 Å². The minimum Gasteiger partial charge on any atom is -0.496 e. The summed E-state index contributed by atoms with van der Waals surface area (Å²) in [7, 11) is 3.21. The smallest absolute Gasteiger partial charge is 0.302 e. The maximum atomic E-state index is 13.9. The van der Waals surface area contributed by atoms with E-state index < -0.39 is 11.9 Å². The van der Waals surface area contributed by atoms with Crippen molar-refractivity contribution < 1.29 is 90.7 Å². The van der Waals surface area contributed by atoms with Crippen molar-refractivity contribution in [1.29, 1.82) is 0 Å². The van der Waals surface area contributed by atoms with Gasteiger partial charge in [0.1, 0.15) is 57.7 Å². The first-order valence-electron chi connectivity index (χ1n) is 26.2. The Morgan fingerprint density at radius 1 is 0.321 bits per heavy atom. The number of carbonyl (C=O) groups excluding carboxylic acids is 5. The Bertz CT molecular complexity index is 2990. The lowest BCUT2D eigenvalue weighted by Gasteiger charge is -2.15. The molecule has 0 aromatic heterocycles. The molecule has 0 amide bonds. The Morgan fingerprint density at radius 2 is 0.630 bits per heavy atom. The van der Waals surface area contributed by atoms with Crippen molar-refractivity contribution in [3.63, 3.8) is 0 Å². The first-order valence-corrected chi connectivity index (χ1v) is 26.2. The van der Waals surface area contributed by atoms with E-state index in [1.807, 2.05) is 60.7 Å². The average Bonchev–Trinajstić information content (AvgIpc) is 3.51. The second kappa shape index (κ2) is 33.3. The Morgan fingerprint density at radius 3 is 0.963 bits per heavy atom. The molecule has 0 unspecified atom stereocenters. The van der Waals surface area contributed by atoms with Gasteiger partial charge in [-0.2, -0.15) is 0 Å². The maximum Gasteiger partial charge on any atom is 0.302 e. The minimum atomic E-state index is -0.398. The zero-order valence-corrected chi connectivity index (χ0v) is 46.2. The summed E-state index contributed by atoms with van der Waals surface area (Å²) in [4.78, 5) is 60.8. The third kappa shape index (κ3) is 19.8. The maximum absolute atomic E-state index is 13.9. The predicted octanol–water partition coefficient (Wildman–Crippen LogP) is 8.43. The van der Waals surface area contributed by atoms with Crippen LogP contribution in [0.2, 0.25) is 0 Å². The lowest BCUT2D eigenvalue weighted by atomic mass is 9.95. The van der Waals surface area contributed by atoms with E-state index in [1.165, 1.54) is 20.8 Å². The summed E-state index contributed by atoms with van der Waals surface area (Å²) in [6.45, 7) is 6.52. The molecular formula is C62H68O19. The molecule has 1 N–H and O–H groups in total. The second-order valence-electron chi connectivity index (χ2n) is 17.6. The number of ether oxygens (including phenoxy) is 13. The molecule has 6 aromatic carbocycles. The molecule has 0 saturated heterocycles. The molecule has 0 fully saturated rings. The van der Waals surface area contributed by atoms with Crippen LogP contribution in [0, 0.1) is 0 Å². The number of hydrogen-bond donors (Lipinski definition) is 1. The largest absolute Gasteiger partial charge is 0.496 e. The summed E-state index contributed by atoms with van der Waals surface area (Å²) >= 11 is 0. The highest BCUT2D eigenvalue weighted by atomic mass is 16.6. The zero-order valence-electron chi connectivity index (χ0n) is 46.2. The van der Waals surface area contributed by atoms with E-state index >= 15 is 0 Å². The summed E-state index contributed by atoms with van der Waals surface area (Å²) < 4.78 is 72.1. The summed E-state index contributed by atoms with van der Waals surface area (Å²) in [5, 5.41) is 9.06. The Balaban J connectivity index is 1.11. The monoisotopic (exact) mass is 1120 g/mol. The molecule has 0 aliphatic carbocycles. The number of hydrogen-bond acceptors (Lipinski definition) is 19. The number of aliphatic hydroxyl groups is 1. The zero-order chi connectivity index (χ0) is 57.8. The number of rotatable bonds is 36. The number of methoxy groups -OCH3 is 2. The lowest BCUT2D eigenvalue weighted by molar-refractivity contribution is -0.143. The molecule has 0 radical (unpaired) electrons. The molecule has 0 aliphatic heterocycles. The van der Waals surface area contributed by atoms with Crippen LogP contribution in [-0.4, -0.2) is 155 Å². The molecule has 6 aromatic rings. The Kier molecular flexibility index (Phi) is 25.4. The average molecular weight is 1120 g/mol. The number of aliphatic hydroxyl groups excluding tert-OH is 1. The van der Waals surface area contributed by atoms with Gasteiger partial charge in [-0.15, -0.1) is 0 Å². The van der Waals surface area contributed by atoms with Gasteiger partial charge < -0.3 is 66.7 Å². The first kappa shape index (κ1) is 61.9. The van der Waals surface area contributed by atoms with Crippen molar-refractivity contribution in [1.82, 2.24) is 0 Å². The number of ketones is 2. The standard InChI is InChI=1S/C62H68O19/c1-42(64)75-31-24-72-28-34-78-55-20-16-51(40-59(55)80-36-27-71-23-22-63)61(67)47-10-6-45(7-11-47)53-18-14-49(38-57(53)69-4)50-15-19-54(58(39-50)70-5)46-8-12-48(13-9-46)62(68)52-17-21-56(79-35-29-73-25-32-76-43(2)65)60(41-52)81-37-30-74-26-33-77-44(3)66/h6-21,38-41,63H,22-37H2,1-5H3. The topological polar surface area (TPSA) is 226 Å². The summed E-state index contributed by atoms with van der Waals surface area (Å²) in [6.07, 6.45) is 0. The van der Waals surface area contributed by atoms with E-state index in [0.29, 0.717) is 56.8 Å². The second-order valence-corrected chi connectivity index (χ2v) is 17.6. The van der Waals surface area contributed by atoms with Gasteiger partial charge in [-0.25, -0.2) is 0 Å². The van der Waals surface area contributed by atoms with Gasteiger partial charge in [-0.05, 0) is 70.8 Å². The molecule has 6 rings (SSSR count). The molecule has 0 heterocycles. The highest BCUT2D eigenvalue weighted by Gasteiger charge is 2.19. The van der Waals surface area contributed by atoms with E-state index in [9.17, 15) is 24.0 Å². The molecule has 0 aliphatic rings. The lowest BCUT2D eigenvalue weighted by Crippen LogP contribution is -2.14. The van der Waals surface area contributed by atoms with Crippen LogP contribution in [0.3, 0.4) is 0 Å². The molecule has 430 valence electrons. The fourth-order valence-electron chi connectivity index (χ4n) is 7.96. The van der Waals surface area contributed by atoms with Gasteiger partial charge in [-0.3, -0.25) is 24.0 Å². The minimum absolute atomic E-state index is 0.115. The highest BCUT2D eigenvalue weighted by molar-refractivity contribution is 6.10. The normalized spacial score (nSPS) is 10.8. The highest BCUT2D eigenvalue weighted by Crippen LogP contribution is 2.39. The van der Waals surface area contributed by atoms with Crippen molar-refractivity contribution in [2.75, 3.05) is 120 Å². The molecule has 81 heavy (non-hydrogen) atoms. The van der Waals surface area contributed by atoms with Gasteiger partial charge in [0.25, 0.3) is 0 Å². The van der Waals surface area contributed by atoms with Crippen LogP contribution < -0.4 is 28.4 Å². The Labute approximate surface area is 470 Å². The summed E-state index contributed by atoms with van der Waals surface area (Å²) in [5.74, 6) is 1.04. The number of esters is 3. The molecule has 19 heteroatoms. The van der Waals surface area contributed by atoms with Crippen LogP contribution in [0.1, 0.15) is 52.6 Å². The van der Waals surface area contributed by atoms with Crippen LogP contribution in [0.25, 0.3) is 33.4 Å².